The largest absolute Gasteiger partial charge is 0.461 e. The van der Waals surface area contributed by atoms with Gasteiger partial charge in [-0.1, -0.05) is 37.3 Å². The van der Waals surface area contributed by atoms with Crippen LogP contribution in [0.15, 0.2) is 30.3 Å². The van der Waals surface area contributed by atoms with Gasteiger partial charge >= 0.3 is 5.97 Å². The Hall–Kier alpha value is -1.39. The van der Waals surface area contributed by atoms with Crippen molar-refractivity contribution >= 4 is 5.97 Å². The lowest BCUT2D eigenvalue weighted by Crippen LogP contribution is -2.31. The Labute approximate surface area is 127 Å². The molecule has 116 valence electrons. The van der Waals surface area contributed by atoms with Gasteiger partial charge in [0, 0.05) is 20.2 Å². The summed E-state index contributed by atoms with van der Waals surface area (Å²) in [6.07, 6.45) is 1.15. The third kappa shape index (κ3) is 5.14. The van der Waals surface area contributed by atoms with E-state index in [1.165, 1.54) is 0 Å². The highest BCUT2D eigenvalue weighted by Gasteiger charge is 2.26. The molecule has 1 heterocycles. The lowest BCUT2D eigenvalue weighted by molar-refractivity contribution is -0.149. The van der Waals surface area contributed by atoms with Gasteiger partial charge in [-0.3, -0.25) is 4.79 Å². The summed E-state index contributed by atoms with van der Waals surface area (Å²) in [5, 5.41) is 0. The summed E-state index contributed by atoms with van der Waals surface area (Å²) < 4.78 is 10.6. The van der Waals surface area contributed by atoms with Crippen LogP contribution in [-0.2, 0) is 20.9 Å². The summed E-state index contributed by atoms with van der Waals surface area (Å²) in [6, 6.07) is 9.79. The number of carbonyl (C=O) groups excluding carboxylic acids is 1. The van der Waals surface area contributed by atoms with Crippen molar-refractivity contribution in [1.82, 2.24) is 4.90 Å². The number of hydrogen-bond acceptors (Lipinski definition) is 4. The molecule has 0 amide bonds. The SMILES string of the molecule is COCC1CCN(CC(C)C(=O)OCc2ccccc2)C1. The van der Waals surface area contributed by atoms with Gasteiger partial charge in [0.1, 0.15) is 6.61 Å². The third-order valence-corrected chi connectivity index (χ3v) is 3.93. The van der Waals surface area contributed by atoms with Gasteiger partial charge < -0.3 is 14.4 Å². The number of methoxy groups -OCH3 is 1. The zero-order valence-corrected chi connectivity index (χ0v) is 13.0. The van der Waals surface area contributed by atoms with Gasteiger partial charge in [-0.05, 0) is 24.4 Å². The van der Waals surface area contributed by atoms with Crippen molar-refractivity contribution in [3.05, 3.63) is 35.9 Å². The second kappa shape index (κ2) is 8.15. The van der Waals surface area contributed by atoms with Crippen LogP contribution in [0.25, 0.3) is 0 Å². The number of hydrogen-bond donors (Lipinski definition) is 0. The molecular formula is C17H25NO3. The van der Waals surface area contributed by atoms with Crippen LogP contribution in [0.1, 0.15) is 18.9 Å². The molecule has 21 heavy (non-hydrogen) atoms. The van der Waals surface area contributed by atoms with Gasteiger partial charge in [0.2, 0.25) is 0 Å². The van der Waals surface area contributed by atoms with E-state index >= 15 is 0 Å². The minimum Gasteiger partial charge on any atom is -0.461 e. The van der Waals surface area contributed by atoms with Gasteiger partial charge in [-0.15, -0.1) is 0 Å². The maximum atomic E-state index is 12.0. The Bertz CT molecular complexity index is 435. The van der Waals surface area contributed by atoms with Gasteiger partial charge in [0.15, 0.2) is 0 Å². The number of rotatable bonds is 7. The highest BCUT2D eigenvalue weighted by Crippen LogP contribution is 2.18. The Morgan fingerprint density at radius 3 is 2.86 bits per heavy atom. The normalized spacial score (nSPS) is 20.4. The Morgan fingerprint density at radius 2 is 2.14 bits per heavy atom. The average Bonchev–Trinajstić information content (AvgIpc) is 2.93. The summed E-state index contributed by atoms with van der Waals surface area (Å²) in [6.45, 7) is 5.94. The molecule has 2 atom stereocenters. The molecule has 0 aliphatic carbocycles. The monoisotopic (exact) mass is 291 g/mol. The molecule has 1 aliphatic heterocycles. The van der Waals surface area contributed by atoms with E-state index in [-0.39, 0.29) is 11.9 Å². The first-order chi connectivity index (χ1) is 10.2. The van der Waals surface area contributed by atoms with E-state index < -0.39 is 0 Å². The van der Waals surface area contributed by atoms with Crippen LogP contribution >= 0.6 is 0 Å². The molecule has 1 fully saturated rings. The number of ether oxygens (including phenoxy) is 2. The molecule has 0 radical (unpaired) electrons. The Kier molecular flexibility index (Phi) is 6.21. The molecule has 1 aliphatic rings. The molecule has 1 aromatic rings. The van der Waals surface area contributed by atoms with Crippen molar-refractivity contribution < 1.29 is 14.3 Å². The lowest BCUT2D eigenvalue weighted by Gasteiger charge is -2.20. The van der Waals surface area contributed by atoms with Gasteiger partial charge in [-0.25, -0.2) is 0 Å². The number of nitrogens with zero attached hydrogens (tertiary/aromatic N) is 1. The summed E-state index contributed by atoms with van der Waals surface area (Å²) >= 11 is 0. The van der Waals surface area contributed by atoms with E-state index in [9.17, 15) is 4.79 Å². The zero-order chi connectivity index (χ0) is 15.1. The van der Waals surface area contributed by atoms with Crippen LogP contribution < -0.4 is 0 Å². The average molecular weight is 291 g/mol. The summed E-state index contributed by atoms with van der Waals surface area (Å²) in [5.74, 6) is 0.395. The minimum absolute atomic E-state index is 0.0880. The predicted molar refractivity (Wildman–Crippen MR) is 81.8 cm³/mol. The minimum atomic E-state index is -0.117. The van der Waals surface area contributed by atoms with Crippen molar-refractivity contribution in [2.75, 3.05) is 33.4 Å². The molecule has 2 rings (SSSR count). The van der Waals surface area contributed by atoms with Gasteiger partial charge in [0.25, 0.3) is 0 Å². The third-order valence-electron chi connectivity index (χ3n) is 3.93. The van der Waals surface area contributed by atoms with Crippen LogP contribution in [0, 0.1) is 11.8 Å². The van der Waals surface area contributed by atoms with E-state index in [0.717, 1.165) is 38.2 Å². The van der Waals surface area contributed by atoms with Crippen LogP contribution in [0.5, 0.6) is 0 Å². The van der Waals surface area contributed by atoms with Crippen LogP contribution in [0.4, 0.5) is 0 Å². The van der Waals surface area contributed by atoms with Gasteiger partial charge in [-0.2, -0.15) is 0 Å². The molecule has 0 spiro atoms. The molecule has 4 heteroatoms. The molecule has 0 bridgehead atoms. The summed E-state index contributed by atoms with van der Waals surface area (Å²) in [4.78, 5) is 14.4. The summed E-state index contributed by atoms with van der Waals surface area (Å²) in [5.41, 5.74) is 1.03. The van der Waals surface area contributed by atoms with Crippen LogP contribution in [-0.4, -0.2) is 44.2 Å². The summed E-state index contributed by atoms with van der Waals surface area (Å²) in [7, 11) is 1.74. The molecule has 4 nitrogen and oxygen atoms in total. The second-order valence-corrected chi connectivity index (χ2v) is 5.86. The quantitative estimate of drug-likeness (QED) is 0.723. The number of likely N-dealkylation sites (tertiary alicyclic amines) is 1. The molecule has 0 N–H and O–H groups in total. The van der Waals surface area contributed by atoms with Crippen molar-refractivity contribution in [2.45, 2.75) is 20.0 Å². The van der Waals surface area contributed by atoms with E-state index in [4.69, 9.17) is 9.47 Å². The fourth-order valence-electron chi connectivity index (χ4n) is 2.78. The first kappa shape index (κ1) is 16.0. The number of esters is 1. The zero-order valence-electron chi connectivity index (χ0n) is 13.0. The Balaban J connectivity index is 1.70. The molecule has 1 aromatic carbocycles. The van der Waals surface area contributed by atoms with Crippen LogP contribution in [0.2, 0.25) is 0 Å². The fraction of sp³-hybridized carbons (Fsp3) is 0.588. The van der Waals surface area contributed by atoms with Crippen molar-refractivity contribution in [1.29, 1.82) is 0 Å². The van der Waals surface area contributed by atoms with E-state index in [2.05, 4.69) is 4.90 Å². The number of benzene rings is 1. The van der Waals surface area contributed by atoms with Crippen molar-refractivity contribution in [3.8, 4) is 0 Å². The standard InChI is InChI=1S/C17H25NO3/c1-14(10-18-9-8-16(11-18)12-20-2)17(19)21-13-15-6-4-3-5-7-15/h3-7,14,16H,8-13H2,1-2H3. The van der Waals surface area contributed by atoms with E-state index in [0.29, 0.717) is 12.5 Å². The first-order valence-corrected chi connectivity index (χ1v) is 7.61. The van der Waals surface area contributed by atoms with E-state index in [1.807, 2.05) is 37.3 Å². The van der Waals surface area contributed by atoms with Crippen LogP contribution in [0.3, 0.4) is 0 Å². The highest BCUT2D eigenvalue weighted by molar-refractivity contribution is 5.72. The predicted octanol–water partition coefficient (Wildman–Crippen LogP) is 2.33. The highest BCUT2D eigenvalue weighted by atomic mass is 16.5. The smallest absolute Gasteiger partial charge is 0.310 e. The topological polar surface area (TPSA) is 38.8 Å². The molecule has 0 aromatic heterocycles. The maximum absolute atomic E-state index is 12.0. The Morgan fingerprint density at radius 1 is 1.38 bits per heavy atom. The van der Waals surface area contributed by atoms with Crippen molar-refractivity contribution in [3.63, 3.8) is 0 Å². The molecule has 0 saturated carbocycles. The second-order valence-electron chi connectivity index (χ2n) is 5.86. The molecule has 1 saturated heterocycles. The lowest BCUT2D eigenvalue weighted by atomic mass is 10.1. The first-order valence-electron chi connectivity index (χ1n) is 7.61. The van der Waals surface area contributed by atoms with E-state index in [1.54, 1.807) is 7.11 Å². The molecular weight excluding hydrogens is 266 g/mol. The fourth-order valence-corrected chi connectivity index (χ4v) is 2.78. The molecule has 2 unspecified atom stereocenters. The number of carbonyl (C=O) groups is 1. The van der Waals surface area contributed by atoms with Gasteiger partial charge in [0.05, 0.1) is 12.5 Å². The maximum Gasteiger partial charge on any atom is 0.310 e. The van der Waals surface area contributed by atoms with Crippen molar-refractivity contribution in [2.24, 2.45) is 11.8 Å².